The lowest BCUT2D eigenvalue weighted by atomic mass is 9.87. The van der Waals surface area contributed by atoms with Crippen LogP contribution < -0.4 is 35.5 Å². The number of nitrogens with zero attached hydrogens (tertiary/aromatic N) is 1. The molecule has 2 aliphatic rings. The molecule has 3 heterocycles. The molecule has 0 spiro atoms. The molecule has 2 aliphatic heterocycles. The van der Waals surface area contributed by atoms with Crippen LogP contribution >= 0.6 is 0 Å². The van der Waals surface area contributed by atoms with Crippen LogP contribution in [-0.4, -0.2) is 37.0 Å². The second kappa shape index (κ2) is 7.92. The molecule has 0 fully saturated rings. The van der Waals surface area contributed by atoms with E-state index < -0.39 is 23.2 Å². The van der Waals surface area contributed by atoms with Crippen LogP contribution in [0.4, 0.5) is 0 Å². The smallest absolute Gasteiger partial charge is 0.332 e. The number of aromatic nitrogens is 2. The lowest BCUT2D eigenvalue weighted by Gasteiger charge is -2.35. The van der Waals surface area contributed by atoms with Crippen LogP contribution in [0.1, 0.15) is 22.7 Å². The number of ether oxygens (including phenoxy) is 3. The predicted molar refractivity (Wildman–Crippen MR) is 126 cm³/mol. The van der Waals surface area contributed by atoms with Crippen molar-refractivity contribution in [1.29, 1.82) is 0 Å². The fourth-order valence-electron chi connectivity index (χ4n) is 5.32. The Balaban J connectivity index is 1.65. The van der Waals surface area contributed by atoms with Gasteiger partial charge in [0.25, 0.3) is 5.56 Å². The average molecular weight is 473 g/mol. The van der Waals surface area contributed by atoms with Gasteiger partial charge in [-0.3, -0.25) is 14.3 Å². The summed E-state index contributed by atoms with van der Waals surface area (Å²) >= 11 is 0. The van der Waals surface area contributed by atoms with Gasteiger partial charge in [0, 0.05) is 11.8 Å². The molecule has 0 saturated carbocycles. The maximum Gasteiger partial charge on any atom is 0.332 e. The van der Waals surface area contributed by atoms with E-state index in [4.69, 9.17) is 14.2 Å². The van der Waals surface area contributed by atoms with Crippen molar-refractivity contribution in [1.82, 2.24) is 9.55 Å². The first-order valence-electron chi connectivity index (χ1n) is 11.4. The van der Waals surface area contributed by atoms with Crippen molar-refractivity contribution in [3.8, 4) is 28.8 Å². The van der Waals surface area contributed by atoms with Crippen molar-refractivity contribution in [3.05, 3.63) is 86.1 Å². The van der Waals surface area contributed by atoms with Crippen LogP contribution in [0.25, 0.3) is 16.5 Å². The second-order valence-corrected chi connectivity index (χ2v) is 8.81. The van der Waals surface area contributed by atoms with Crippen LogP contribution in [0, 0.1) is 0 Å². The van der Waals surface area contributed by atoms with Gasteiger partial charge in [-0.05, 0) is 29.0 Å². The molecule has 178 valence electrons. The molecular formula is C26H23N3O6. The van der Waals surface area contributed by atoms with Crippen LogP contribution in [-0.2, 0) is 6.42 Å². The number of hydrogen-bond donors (Lipinski definition) is 2. The molecule has 0 amide bonds. The van der Waals surface area contributed by atoms with Crippen molar-refractivity contribution < 1.29 is 24.2 Å². The van der Waals surface area contributed by atoms with E-state index in [0.717, 1.165) is 25.8 Å². The van der Waals surface area contributed by atoms with Crippen LogP contribution in [0.2, 0.25) is 0 Å². The zero-order chi connectivity index (χ0) is 24.3. The number of nitrogens with one attached hydrogen (secondary N) is 2. The van der Waals surface area contributed by atoms with Crippen LogP contribution in [0.5, 0.6) is 23.1 Å². The lowest BCUT2D eigenvalue weighted by Crippen LogP contribution is -3.10. The van der Waals surface area contributed by atoms with E-state index in [1.807, 2.05) is 43.4 Å². The minimum Gasteiger partial charge on any atom is -0.859 e. The Morgan fingerprint density at radius 2 is 1.91 bits per heavy atom. The van der Waals surface area contributed by atoms with Crippen molar-refractivity contribution in [2.45, 2.75) is 12.5 Å². The van der Waals surface area contributed by atoms with Crippen molar-refractivity contribution in [2.24, 2.45) is 0 Å². The summed E-state index contributed by atoms with van der Waals surface area (Å²) in [4.78, 5) is 29.5. The fourth-order valence-corrected chi connectivity index (χ4v) is 5.32. The van der Waals surface area contributed by atoms with Crippen LogP contribution in [0.15, 0.2) is 58.1 Å². The first-order valence-corrected chi connectivity index (χ1v) is 11.4. The Kier molecular flexibility index (Phi) is 4.82. The molecule has 9 heteroatoms. The molecule has 6 rings (SSSR count). The van der Waals surface area contributed by atoms with E-state index in [1.165, 1.54) is 7.11 Å². The first kappa shape index (κ1) is 21.3. The predicted octanol–water partition coefficient (Wildman–Crippen LogP) is 0.650. The zero-order valence-electron chi connectivity index (χ0n) is 19.2. The normalized spacial score (nSPS) is 18.5. The quantitative estimate of drug-likeness (QED) is 0.452. The number of benzene rings is 3. The lowest BCUT2D eigenvalue weighted by molar-refractivity contribution is -0.908. The SMILES string of the molecule is COc1c2c(cc3c1C(c1c([O-])n(-c4cccc5ccccc45)c(=O)[nH]c1=O)[NH+](C)CC3)OCO2. The van der Waals surface area contributed by atoms with Gasteiger partial charge >= 0.3 is 5.69 Å². The highest BCUT2D eigenvalue weighted by Gasteiger charge is 2.39. The number of fused-ring (bicyclic) bond motifs is 3. The number of hydrogen-bond acceptors (Lipinski definition) is 6. The molecule has 0 bridgehead atoms. The molecule has 2 N–H and O–H groups in total. The number of rotatable bonds is 3. The maximum atomic E-state index is 14.0. The van der Waals surface area contributed by atoms with Gasteiger partial charge in [0.1, 0.15) is 6.04 Å². The standard InChI is InChI=1S/C26H23N3O6/c1-28-11-10-15-12-18-22(35-13-34-18)23(33-2)19(15)21(28)20-24(30)27-26(32)29(25(20)31)17-9-5-7-14-6-3-4-8-16(14)17/h3-9,12,21,31H,10-11,13H2,1-2H3,(H,27,30,32). The number of quaternary nitrogens is 1. The highest BCUT2D eigenvalue weighted by molar-refractivity contribution is 5.90. The average Bonchev–Trinajstić information content (AvgIpc) is 3.32. The Morgan fingerprint density at radius 3 is 2.74 bits per heavy atom. The molecule has 2 atom stereocenters. The topological polar surface area (TPSA) is 110 Å². The van der Waals surface area contributed by atoms with E-state index in [2.05, 4.69) is 4.98 Å². The Hall–Kier alpha value is -4.24. The largest absolute Gasteiger partial charge is 0.859 e. The molecule has 0 saturated heterocycles. The summed E-state index contributed by atoms with van der Waals surface area (Å²) in [5.41, 5.74) is 0.546. The zero-order valence-corrected chi connectivity index (χ0v) is 19.2. The minimum absolute atomic E-state index is 0.0202. The van der Waals surface area contributed by atoms with Gasteiger partial charge in [0.2, 0.25) is 12.5 Å². The Bertz CT molecular complexity index is 1600. The molecule has 2 unspecified atom stereocenters. The summed E-state index contributed by atoms with van der Waals surface area (Å²) in [6.45, 7) is 0.744. The van der Waals surface area contributed by atoms with Gasteiger partial charge in [-0.1, -0.05) is 36.4 Å². The van der Waals surface area contributed by atoms with E-state index in [0.29, 0.717) is 41.5 Å². The van der Waals surface area contributed by atoms with Gasteiger partial charge in [0.05, 0.1) is 37.5 Å². The molecule has 1 aromatic heterocycles. The molecule has 9 nitrogen and oxygen atoms in total. The summed E-state index contributed by atoms with van der Waals surface area (Å²) in [7, 11) is 3.45. The molecular weight excluding hydrogens is 450 g/mol. The van der Waals surface area contributed by atoms with Gasteiger partial charge in [0.15, 0.2) is 11.5 Å². The summed E-state index contributed by atoms with van der Waals surface area (Å²) in [5, 5.41) is 15.6. The third-order valence-electron chi connectivity index (χ3n) is 6.92. The van der Waals surface area contributed by atoms with Crippen molar-refractivity contribution >= 4 is 10.8 Å². The minimum atomic E-state index is -0.772. The first-order chi connectivity index (χ1) is 17.0. The summed E-state index contributed by atoms with van der Waals surface area (Å²) < 4.78 is 18.0. The number of methoxy groups -OCH3 is 1. The molecule has 4 aromatic rings. The van der Waals surface area contributed by atoms with E-state index in [9.17, 15) is 14.7 Å². The summed E-state index contributed by atoms with van der Waals surface area (Å²) in [5.74, 6) is 0.834. The second-order valence-electron chi connectivity index (χ2n) is 8.81. The fraction of sp³-hybridized carbons (Fsp3) is 0.231. The molecule has 35 heavy (non-hydrogen) atoms. The highest BCUT2D eigenvalue weighted by atomic mass is 16.7. The Labute approximate surface area is 199 Å². The summed E-state index contributed by atoms with van der Waals surface area (Å²) in [6.07, 6.45) is 0.708. The summed E-state index contributed by atoms with van der Waals surface area (Å²) in [6, 6.07) is 14.1. The molecule has 0 radical (unpaired) electrons. The third kappa shape index (κ3) is 3.12. The van der Waals surface area contributed by atoms with Gasteiger partial charge in [-0.25, -0.2) is 4.79 Å². The molecule has 3 aromatic carbocycles. The van der Waals surface area contributed by atoms with Gasteiger partial charge < -0.3 is 24.2 Å². The van der Waals surface area contributed by atoms with Crippen LogP contribution in [0.3, 0.4) is 0 Å². The van der Waals surface area contributed by atoms with Crippen molar-refractivity contribution in [2.75, 3.05) is 27.5 Å². The highest BCUT2D eigenvalue weighted by Crippen LogP contribution is 2.48. The Morgan fingerprint density at radius 1 is 1.11 bits per heavy atom. The maximum absolute atomic E-state index is 14.0. The van der Waals surface area contributed by atoms with E-state index in [1.54, 1.807) is 12.1 Å². The van der Waals surface area contributed by atoms with E-state index >= 15 is 0 Å². The van der Waals surface area contributed by atoms with Gasteiger partial charge in [-0.15, -0.1) is 0 Å². The monoisotopic (exact) mass is 473 g/mol. The van der Waals surface area contributed by atoms with Crippen molar-refractivity contribution in [3.63, 3.8) is 0 Å². The molecule has 0 aliphatic carbocycles. The van der Waals surface area contributed by atoms with Gasteiger partial charge in [-0.2, -0.15) is 0 Å². The van der Waals surface area contributed by atoms with E-state index in [-0.39, 0.29) is 12.4 Å². The third-order valence-corrected chi connectivity index (χ3v) is 6.92. The number of aromatic amines is 1. The number of likely N-dealkylation sites (N-methyl/N-ethyl adjacent to an activating group) is 1. The number of H-pyrrole nitrogens is 1.